The van der Waals surface area contributed by atoms with Gasteiger partial charge in [0.05, 0.1) is 24.8 Å². The summed E-state index contributed by atoms with van der Waals surface area (Å²) in [5.41, 5.74) is 8.39. The topological polar surface area (TPSA) is 69.3 Å². The number of nitrogens with zero attached hydrogens (tertiary/aromatic N) is 5. The second kappa shape index (κ2) is 8.02. The molecule has 3 heterocycles. The Morgan fingerprint density at radius 2 is 1.82 bits per heavy atom. The molecule has 1 fully saturated rings. The molecule has 0 atom stereocenters. The molecule has 5 aromatic rings. The van der Waals surface area contributed by atoms with Crippen molar-refractivity contribution in [3.8, 4) is 22.6 Å². The van der Waals surface area contributed by atoms with E-state index in [9.17, 15) is 0 Å². The fraction of sp³-hybridized carbons (Fsp3) is 0.222. The van der Waals surface area contributed by atoms with Crippen LogP contribution in [-0.4, -0.2) is 31.3 Å². The van der Waals surface area contributed by atoms with Crippen LogP contribution in [0.25, 0.3) is 22.5 Å². The van der Waals surface area contributed by atoms with Crippen LogP contribution in [0.3, 0.4) is 0 Å². The Morgan fingerprint density at radius 1 is 1.00 bits per heavy atom. The number of ether oxygens (including phenoxy) is 1. The molecule has 0 bridgehead atoms. The van der Waals surface area contributed by atoms with Gasteiger partial charge in [0.25, 0.3) is 0 Å². The summed E-state index contributed by atoms with van der Waals surface area (Å²) in [5, 5.41) is 8.12. The second-order valence-electron chi connectivity index (χ2n) is 8.96. The van der Waals surface area contributed by atoms with Crippen LogP contribution >= 0.6 is 0 Å². The van der Waals surface area contributed by atoms with E-state index in [1.807, 2.05) is 40.4 Å². The Balaban J connectivity index is 1.38. The quantitative estimate of drug-likeness (QED) is 0.353. The van der Waals surface area contributed by atoms with Gasteiger partial charge in [0, 0.05) is 29.7 Å². The molecular formula is C27H26N6O. The molecule has 3 aromatic heterocycles. The first kappa shape index (κ1) is 20.5. The molecule has 0 amide bonds. The highest BCUT2D eigenvalue weighted by Crippen LogP contribution is 2.42. The van der Waals surface area contributed by atoms with E-state index in [1.165, 1.54) is 24.0 Å². The van der Waals surface area contributed by atoms with Crippen LogP contribution in [0, 0.1) is 13.8 Å². The number of fused-ring (bicyclic) bond motifs is 1. The van der Waals surface area contributed by atoms with Crippen molar-refractivity contribution in [1.82, 2.24) is 24.1 Å². The summed E-state index contributed by atoms with van der Waals surface area (Å²) in [4.78, 5) is 9.17. The zero-order chi connectivity index (χ0) is 23.2. The van der Waals surface area contributed by atoms with Gasteiger partial charge in [-0.05, 0) is 61.9 Å². The fourth-order valence-electron chi connectivity index (χ4n) is 4.30. The lowest BCUT2D eigenvalue weighted by Crippen LogP contribution is -1.98. The molecule has 0 spiro atoms. The second-order valence-corrected chi connectivity index (χ2v) is 8.96. The van der Waals surface area contributed by atoms with Crippen molar-refractivity contribution in [1.29, 1.82) is 0 Å². The maximum Gasteiger partial charge on any atom is 0.247 e. The predicted octanol–water partition coefficient (Wildman–Crippen LogP) is 5.83. The summed E-state index contributed by atoms with van der Waals surface area (Å²) in [6.45, 7) is 4.07. The summed E-state index contributed by atoms with van der Waals surface area (Å²) < 4.78 is 9.51. The molecule has 34 heavy (non-hydrogen) atoms. The first-order valence-corrected chi connectivity index (χ1v) is 11.5. The molecule has 0 unspecified atom stereocenters. The smallest absolute Gasteiger partial charge is 0.247 e. The molecule has 6 rings (SSSR count). The van der Waals surface area contributed by atoms with Gasteiger partial charge in [0.15, 0.2) is 5.65 Å². The highest BCUT2D eigenvalue weighted by Gasteiger charge is 2.25. The Labute approximate surface area is 198 Å². The van der Waals surface area contributed by atoms with Gasteiger partial charge in [0.1, 0.15) is 5.75 Å². The predicted molar refractivity (Wildman–Crippen MR) is 133 cm³/mol. The van der Waals surface area contributed by atoms with Gasteiger partial charge in [-0.15, -0.1) is 5.10 Å². The normalized spacial score (nSPS) is 13.4. The van der Waals surface area contributed by atoms with Gasteiger partial charge >= 0.3 is 0 Å². The number of hydrogen-bond acceptors (Lipinski definition) is 5. The number of methoxy groups -OCH3 is 1. The van der Waals surface area contributed by atoms with Crippen LogP contribution in [0.4, 0.5) is 11.6 Å². The van der Waals surface area contributed by atoms with E-state index in [-0.39, 0.29) is 0 Å². The lowest BCUT2D eigenvalue weighted by Gasteiger charge is -2.11. The van der Waals surface area contributed by atoms with E-state index in [1.54, 1.807) is 13.4 Å². The number of aryl methyl sites for hydroxylation is 2. The molecule has 0 aliphatic heterocycles. The van der Waals surface area contributed by atoms with Crippen molar-refractivity contribution in [2.75, 3.05) is 12.4 Å². The number of rotatable bonds is 6. The average Bonchev–Trinajstić information content (AvgIpc) is 3.48. The number of anilines is 2. The van der Waals surface area contributed by atoms with E-state index in [0.29, 0.717) is 11.9 Å². The standard InChI is InChI=1S/C27H26N6O/c1-17-4-6-20(7-5-17)23-12-21(19-8-9-19)15-33-26(23)30-27(31-33)29-22-10-11-24(25(13-22)34-3)32-14-18(2)28-16-32/h4-7,10-16,19H,8-9H2,1-3H3,(H,29,31). The zero-order valence-electron chi connectivity index (χ0n) is 19.5. The van der Waals surface area contributed by atoms with Crippen molar-refractivity contribution in [2.45, 2.75) is 32.6 Å². The van der Waals surface area contributed by atoms with Gasteiger partial charge in [-0.1, -0.05) is 29.8 Å². The first-order valence-electron chi connectivity index (χ1n) is 11.5. The molecular weight excluding hydrogens is 424 g/mol. The lowest BCUT2D eigenvalue weighted by molar-refractivity contribution is 0.413. The van der Waals surface area contributed by atoms with E-state index in [2.05, 4.69) is 53.8 Å². The number of hydrogen-bond donors (Lipinski definition) is 1. The molecule has 170 valence electrons. The molecule has 1 aliphatic rings. The van der Waals surface area contributed by atoms with E-state index < -0.39 is 0 Å². The Kier molecular flexibility index (Phi) is 4.83. The summed E-state index contributed by atoms with van der Waals surface area (Å²) in [6, 6.07) is 16.8. The fourth-order valence-corrected chi connectivity index (χ4v) is 4.30. The highest BCUT2D eigenvalue weighted by molar-refractivity contribution is 5.79. The number of pyridine rings is 1. The third-order valence-corrected chi connectivity index (χ3v) is 6.29. The SMILES string of the molecule is COc1cc(Nc2nc3c(-c4ccc(C)cc4)cc(C4CC4)cn3n2)ccc1-n1cnc(C)c1. The minimum atomic E-state index is 0.551. The third-order valence-electron chi connectivity index (χ3n) is 6.29. The van der Waals surface area contributed by atoms with Crippen LogP contribution in [0.2, 0.25) is 0 Å². The molecule has 1 saturated carbocycles. The molecule has 0 saturated heterocycles. The molecule has 2 aromatic carbocycles. The van der Waals surface area contributed by atoms with Gasteiger partial charge in [-0.25, -0.2) is 9.50 Å². The molecule has 1 N–H and O–H groups in total. The van der Waals surface area contributed by atoms with Crippen molar-refractivity contribution in [3.63, 3.8) is 0 Å². The zero-order valence-corrected chi connectivity index (χ0v) is 19.5. The Hall–Kier alpha value is -4.13. The average molecular weight is 451 g/mol. The summed E-state index contributed by atoms with van der Waals surface area (Å²) >= 11 is 0. The Morgan fingerprint density at radius 3 is 2.53 bits per heavy atom. The lowest BCUT2D eigenvalue weighted by atomic mass is 10.0. The monoisotopic (exact) mass is 450 g/mol. The van der Waals surface area contributed by atoms with Gasteiger partial charge in [-0.3, -0.25) is 0 Å². The molecule has 7 nitrogen and oxygen atoms in total. The maximum atomic E-state index is 5.65. The van der Waals surface area contributed by atoms with Crippen molar-refractivity contribution < 1.29 is 4.74 Å². The number of benzene rings is 2. The first-order chi connectivity index (χ1) is 16.6. The molecule has 7 heteroatoms. The minimum absolute atomic E-state index is 0.551. The van der Waals surface area contributed by atoms with Crippen LogP contribution in [-0.2, 0) is 0 Å². The van der Waals surface area contributed by atoms with Gasteiger partial charge in [0.2, 0.25) is 5.95 Å². The summed E-state index contributed by atoms with van der Waals surface area (Å²) in [6.07, 6.45) is 8.35. The molecule has 1 aliphatic carbocycles. The number of nitrogens with one attached hydrogen (secondary N) is 1. The van der Waals surface area contributed by atoms with Crippen LogP contribution in [0.15, 0.2) is 67.3 Å². The third kappa shape index (κ3) is 3.79. The van der Waals surface area contributed by atoms with Crippen LogP contribution in [0.1, 0.15) is 35.6 Å². The van der Waals surface area contributed by atoms with Crippen LogP contribution in [0.5, 0.6) is 5.75 Å². The summed E-state index contributed by atoms with van der Waals surface area (Å²) in [5.74, 6) is 1.91. The Bertz CT molecular complexity index is 1490. The van der Waals surface area contributed by atoms with Gasteiger partial charge < -0.3 is 14.6 Å². The summed E-state index contributed by atoms with van der Waals surface area (Å²) in [7, 11) is 1.67. The minimum Gasteiger partial charge on any atom is -0.494 e. The van der Waals surface area contributed by atoms with E-state index in [0.717, 1.165) is 39.6 Å². The number of imidazole rings is 1. The van der Waals surface area contributed by atoms with Crippen LogP contribution < -0.4 is 10.1 Å². The van der Waals surface area contributed by atoms with Crippen molar-refractivity contribution >= 4 is 17.3 Å². The van der Waals surface area contributed by atoms with Gasteiger partial charge in [-0.2, -0.15) is 4.98 Å². The largest absolute Gasteiger partial charge is 0.494 e. The van der Waals surface area contributed by atoms with E-state index >= 15 is 0 Å². The number of aromatic nitrogens is 5. The van der Waals surface area contributed by atoms with E-state index in [4.69, 9.17) is 14.8 Å². The highest BCUT2D eigenvalue weighted by atomic mass is 16.5. The van der Waals surface area contributed by atoms with Crippen molar-refractivity contribution in [3.05, 3.63) is 84.1 Å². The van der Waals surface area contributed by atoms with Crippen molar-refractivity contribution in [2.24, 2.45) is 0 Å². The maximum absolute atomic E-state index is 5.65. The molecule has 0 radical (unpaired) electrons.